The van der Waals surface area contributed by atoms with Crippen LogP contribution in [0.1, 0.15) is 60.2 Å². The summed E-state index contributed by atoms with van der Waals surface area (Å²) >= 11 is 0. The lowest BCUT2D eigenvalue weighted by Crippen LogP contribution is -2.64. The van der Waals surface area contributed by atoms with Gasteiger partial charge in [0.15, 0.2) is 5.69 Å². The lowest BCUT2D eigenvalue weighted by atomic mass is 9.93. The van der Waals surface area contributed by atoms with Gasteiger partial charge in [0.1, 0.15) is 11.2 Å². The van der Waals surface area contributed by atoms with Crippen molar-refractivity contribution in [3.05, 3.63) is 47.3 Å². The van der Waals surface area contributed by atoms with Gasteiger partial charge >= 0.3 is 5.97 Å². The van der Waals surface area contributed by atoms with Crippen molar-refractivity contribution in [3.8, 4) is 0 Å². The normalized spacial score (nSPS) is 17.9. The molecule has 2 aromatic rings. The predicted octanol–water partition coefficient (Wildman–Crippen LogP) is 2.36. The Morgan fingerprint density at radius 1 is 1.25 bits per heavy atom. The fraction of sp³-hybridized carbons (Fsp3) is 0.478. The third-order valence-corrected chi connectivity index (χ3v) is 5.54. The lowest BCUT2D eigenvalue weighted by molar-refractivity contribution is -0.126. The monoisotopic (exact) mass is 442 g/mol. The molecule has 1 aliphatic heterocycles. The highest BCUT2D eigenvalue weighted by Gasteiger charge is 2.49. The molecule has 32 heavy (non-hydrogen) atoms. The van der Waals surface area contributed by atoms with Crippen LogP contribution < -0.4 is 10.2 Å². The molecule has 172 valence electrons. The van der Waals surface area contributed by atoms with Crippen LogP contribution in [0, 0.1) is 0 Å². The molecule has 3 rings (SSSR count). The maximum Gasteiger partial charge on any atom is 0.358 e. The molecule has 0 saturated heterocycles. The molecule has 1 aliphatic rings. The van der Waals surface area contributed by atoms with Crippen LogP contribution in [-0.2, 0) is 20.8 Å². The van der Waals surface area contributed by atoms with E-state index in [-0.39, 0.29) is 30.4 Å². The van der Waals surface area contributed by atoms with Crippen LogP contribution in [0.4, 0.5) is 5.69 Å². The summed E-state index contributed by atoms with van der Waals surface area (Å²) in [5, 5.41) is 7.08. The molecule has 0 unspecified atom stereocenters. The van der Waals surface area contributed by atoms with Crippen LogP contribution in [0.25, 0.3) is 0 Å². The van der Waals surface area contributed by atoms with Gasteiger partial charge in [-0.15, -0.1) is 0 Å². The topological polar surface area (TPSA) is 103 Å². The summed E-state index contributed by atoms with van der Waals surface area (Å²) in [6.07, 6.45) is 0. The zero-order valence-electron chi connectivity index (χ0n) is 19.2. The molecule has 0 fully saturated rings. The first kappa shape index (κ1) is 23.5. The second-order valence-corrected chi connectivity index (χ2v) is 8.20. The van der Waals surface area contributed by atoms with E-state index < -0.39 is 17.4 Å². The molecule has 2 amide bonds. The van der Waals surface area contributed by atoms with E-state index in [4.69, 9.17) is 9.47 Å². The van der Waals surface area contributed by atoms with Gasteiger partial charge in [-0.1, -0.05) is 26.0 Å². The minimum atomic E-state index is -1.27. The summed E-state index contributed by atoms with van der Waals surface area (Å²) in [5.41, 5.74) is 0.709. The number of anilines is 1. The number of benzene rings is 1. The number of hydrogen-bond donors (Lipinski definition) is 1. The molecular formula is C23H30N4O5. The molecule has 0 aliphatic carbocycles. The van der Waals surface area contributed by atoms with Crippen molar-refractivity contribution in [2.45, 2.75) is 45.7 Å². The van der Waals surface area contributed by atoms with E-state index >= 15 is 0 Å². The number of amides is 2. The molecule has 0 radical (unpaired) electrons. The van der Waals surface area contributed by atoms with Crippen LogP contribution in [0.3, 0.4) is 0 Å². The van der Waals surface area contributed by atoms with Gasteiger partial charge in [-0.2, -0.15) is 5.10 Å². The summed E-state index contributed by atoms with van der Waals surface area (Å²) < 4.78 is 11.5. The number of carbonyl (C=O) groups excluding carboxylic acids is 3. The van der Waals surface area contributed by atoms with Gasteiger partial charge in [0, 0.05) is 25.4 Å². The number of carbonyl (C=O) groups is 3. The Bertz CT molecular complexity index is 998. The van der Waals surface area contributed by atoms with Crippen LogP contribution in [0.15, 0.2) is 30.3 Å². The Morgan fingerprint density at radius 3 is 2.53 bits per heavy atom. The van der Waals surface area contributed by atoms with E-state index in [1.54, 1.807) is 21.0 Å². The fourth-order valence-corrected chi connectivity index (χ4v) is 3.76. The lowest BCUT2D eigenvalue weighted by Gasteiger charge is -2.43. The first-order valence-electron chi connectivity index (χ1n) is 10.7. The quantitative estimate of drug-likeness (QED) is 0.497. The molecule has 2 heterocycles. The second-order valence-electron chi connectivity index (χ2n) is 8.20. The van der Waals surface area contributed by atoms with Crippen LogP contribution in [0.2, 0.25) is 0 Å². The Morgan fingerprint density at radius 2 is 1.94 bits per heavy atom. The van der Waals surface area contributed by atoms with Gasteiger partial charge < -0.3 is 14.8 Å². The number of hydrogen-bond acceptors (Lipinski definition) is 6. The minimum absolute atomic E-state index is 0.0364. The number of nitrogens with one attached hydrogen (secondary N) is 1. The summed E-state index contributed by atoms with van der Waals surface area (Å²) in [7, 11) is 1.55. The van der Waals surface area contributed by atoms with E-state index in [2.05, 4.69) is 24.3 Å². The largest absolute Gasteiger partial charge is 0.461 e. The predicted molar refractivity (Wildman–Crippen MR) is 119 cm³/mol. The minimum Gasteiger partial charge on any atom is -0.461 e. The van der Waals surface area contributed by atoms with Gasteiger partial charge in [0.25, 0.3) is 5.91 Å². The zero-order valence-corrected chi connectivity index (χ0v) is 19.2. The molecule has 1 aromatic carbocycles. The molecule has 0 bridgehead atoms. The highest BCUT2D eigenvalue weighted by molar-refractivity contribution is 6.12. The van der Waals surface area contributed by atoms with Crippen LogP contribution in [-0.4, -0.2) is 60.0 Å². The van der Waals surface area contributed by atoms with Crippen LogP contribution >= 0.6 is 0 Å². The Kier molecular flexibility index (Phi) is 6.98. The van der Waals surface area contributed by atoms with Gasteiger partial charge in [0.2, 0.25) is 5.91 Å². The highest BCUT2D eigenvalue weighted by Crippen LogP contribution is 2.33. The number of ether oxygens (including phenoxy) is 2. The third kappa shape index (κ3) is 4.38. The maximum absolute atomic E-state index is 13.6. The van der Waals surface area contributed by atoms with E-state index in [9.17, 15) is 14.4 Å². The Labute approximate surface area is 187 Å². The van der Waals surface area contributed by atoms with Crippen molar-refractivity contribution in [2.24, 2.45) is 0 Å². The number of esters is 1. The van der Waals surface area contributed by atoms with Crippen molar-refractivity contribution >= 4 is 23.5 Å². The van der Waals surface area contributed by atoms with Crippen molar-refractivity contribution in [1.29, 1.82) is 0 Å². The summed E-state index contributed by atoms with van der Waals surface area (Å²) in [5.74, 6) is -1.03. The summed E-state index contributed by atoms with van der Waals surface area (Å²) in [6, 6.07) is 9.00. The van der Waals surface area contributed by atoms with Gasteiger partial charge in [0.05, 0.1) is 19.8 Å². The molecule has 0 saturated carbocycles. The van der Waals surface area contributed by atoms with Crippen molar-refractivity contribution < 1.29 is 23.9 Å². The van der Waals surface area contributed by atoms with Crippen molar-refractivity contribution in [2.75, 3.05) is 31.8 Å². The van der Waals surface area contributed by atoms with Gasteiger partial charge in [-0.05, 0) is 37.5 Å². The highest BCUT2D eigenvalue weighted by atomic mass is 16.5. The fourth-order valence-electron chi connectivity index (χ4n) is 3.76. The number of methoxy groups -OCH3 is 1. The van der Waals surface area contributed by atoms with E-state index in [1.807, 2.05) is 24.3 Å². The summed E-state index contributed by atoms with van der Waals surface area (Å²) in [4.78, 5) is 40.5. The number of rotatable bonds is 8. The molecular weight excluding hydrogens is 412 g/mol. The number of fused-ring (bicyclic) bond motifs is 1. The maximum atomic E-state index is 13.6. The second kappa shape index (κ2) is 9.52. The van der Waals surface area contributed by atoms with E-state index in [0.29, 0.717) is 24.8 Å². The zero-order chi connectivity index (χ0) is 23.5. The number of nitrogens with zero attached hydrogens (tertiary/aromatic N) is 3. The third-order valence-electron chi connectivity index (χ3n) is 5.54. The van der Waals surface area contributed by atoms with Gasteiger partial charge in [-0.25, -0.2) is 4.79 Å². The molecule has 0 spiro atoms. The van der Waals surface area contributed by atoms with Crippen molar-refractivity contribution in [1.82, 2.24) is 15.1 Å². The Balaban J connectivity index is 2.05. The number of aromatic nitrogens is 2. The van der Waals surface area contributed by atoms with E-state index in [1.165, 1.54) is 15.6 Å². The molecule has 1 N–H and O–H groups in total. The first-order valence-corrected chi connectivity index (χ1v) is 10.7. The standard InChI is InChI=1S/C23H30N4O5/c1-6-32-21(29)18-13-19-20(28)27(17-9-7-16(8-10-17)15(2)3)23(4,14-26(19)25-18)22(30)24-11-12-31-5/h7-10,13,15H,6,11-12,14H2,1-5H3,(H,24,30)/t23-/m0/s1. The molecule has 1 aromatic heterocycles. The van der Waals surface area contributed by atoms with Gasteiger partial charge in [-0.3, -0.25) is 19.2 Å². The molecule has 1 atom stereocenters. The molecule has 9 heteroatoms. The Hall–Kier alpha value is -3.20. The first-order chi connectivity index (χ1) is 15.2. The molecule has 9 nitrogen and oxygen atoms in total. The average molecular weight is 443 g/mol. The van der Waals surface area contributed by atoms with Crippen molar-refractivity contribution in [3.63, 3.8) is 0 Å². The average Bonchev–Trinajstić information content (AvgIpc) is 3.18. The van der Waals surface area contributed by atoms with Crippen LogP contribution in [0.5, 0.6) is 0 Å². The smallest absolute Gasteiger partial charge is 0.358 e. The SMILES string of the molecule is CCOC(=O)c1cc2n(n1)C[C@@](C)(C(=O)NCCOC)N(c1ccc(C(C)C)cc1)C2=O. The summed E-state index contributed by atoms with van der Waals surface area (Å²) in [6.45, 7) is 8.49. The van der Waals surface area contributed by atoms with E-state index in [0.717, 1.165) is 5.56 Å².